The Kier molecular flexibility index (Phi) is 7.73. The van der Waals surface area contributed by atoms with Gasteiger partial charge in [-0.3, -0.25) is 14.9 Å². The van der Waals surface area contributed by atoms with Gasteiger partial charge in [0, 0.05) is 23.2 Å². The molecule has 0 bridgehead atoms. The molecule has 6 nitrogen and oxygen atoms in total. The number of hydrogen-bond donors (Lipinski definition) is 3. The van der Waals surface area contributed by atoms with Gasteiger partial charge >= 0.3 is 5.97 Å². The zero-order chi connectivity index (χ0) is 23.0. The topological polar surface area (TPSA) is 91.3 Å². The molecule has 1 aliphatic carbocycles. The van der Waals surface area contributed by atoms with Crippen molar-refractivity contribution in [3.05, 3.63) is 76.3 Å². The van der Waals surface area contributed by atoms with Crippen LogP contribution in [0.2, 0.25) is 0 Å². The molecule has 33 heavy (non-hydrogen) atoms. The number of rotatable bonds is 10. The van der Waals surface area contributed by atoms with Crippen LogP contribution in [0.4, 0.5) is 10.8 Å². The smallest absolute Gasteiger partial charge is 0.309 e. The molecule has 0 radical (unpaired) electrons. The van der Waals surface area contributed by atoms with Gasteiger partial charge in [-0.25, -0.2) is 4.98 Å². The number of carbonyl (C=O) groups excluding carboxylic acids is 1. The summed E-state index contributed by atoms with van der Waals surface area (Å²) in [4.78, 5) is 27.4. The minimum absolute atomic E-state index is 0.155. The molecular formula is C26H29N3O3S. The monoisotopic (exact) mass is 463 g/mol. The fraction of sp³-hybridized carbons (Fsp3) is 0.346. The van der Waals surface area contributed by atoms with Crippen molar-refractivity contribution < 1.29 is 14.7 Å². The third kappa shape index (κ3) is 6.65. The molecule has 1 aromatic heterocycles. The maximum Gasteiger partial charge on any atom is 0.309 e. The molecule has 3 N–H and O–H groups in total. The number of anilines is 2. The summed E-state index contributed by atoms with van der Waals surface area (Å²) in [6.45, 7) is 0.688. The SMILES string of the molecule is O=C(O)Cc1csc(NC(=O)c2ccc(CNc3ccccc3CCC3CCCC3)cc2)n1. The Hall–Kier alpha value is -3.19. The Balaban J connectivity index is 1.30. The highest BCUT2D eigenvalue weighted by atomic mass is 32.1. The molecule has 3 aromatic rings. The molecule has 2 aromatic carbocycles. The number of carboxylic acid groups (broad SMARTS) is 1. The lowest BCUT2D eigenvalue weighted by Crippen LogP contribution is -2.12. The van der Waals surface area contributed by atoms with Crippen molar-refractivity contribution in [2.24, 2.45) is 5.92 Å². The van der Waals surface area contributed by atoms with Crippen LogP contribution in [0.15, 0.2) is 53.9 Å². The number of carboxylic acids is 1. The van der Waals surface area contributed by atoms with Crippen molar-refractivity contribution in [2.45, 2.75) is 51.5 Å². The van der Waals surface area contributed by atoms with E-state index < -0.39 is 5.97 Å². The van der Waals surface area contributed by atoms with E-state index in [2.05, 4.69) is 39.9 Å². The van der Waals surface area contributed by atoms with Crippen LogP contribution in [0.3, 0.4) is 0 Å². The van der Waals surface area contributed by atoms with Crippen LogP contribution in [0, 0.1) is 5.92 Å². The van der Waals surface area contributed by atoms with Crippen molar-refractivity contribution in [3.63, 3.8) is 0 Å². The van der Waals surface area contributed by atoms with Gasteiger partial charge in [-0.05, 0) is 48.1 Å². The maximum atomic E-state index is 12.5. The van der Waals surface area contributed by atoms with E-state index in [1.807, 2.05) is 12.1 Å². The number of amides is 1. The molecule has 0 atom stereocenters. The summed E-state index contributed by atoms with van der Waals surface area (Å²) in [6.07, 6.45) is 7.74. The zero-order valence-corrected chi connectivity index (χ0v) is 19.4. The molecule has 7 heteroatoms. The third-order valence-electron chi connectivity index (χ3n) is 6.12. The molecule has 172 valence electrons. The van der Waals surface area contributed by atoms with Gasteiger partial charge in [-0.15, -0.1) is 11.3 Å². The van der Waals surface area contributed by atoms with Crippen LogP contribution in [-0.4, -0.2) is 22.0 Å². The zero-order valence-electron chi connectivity index (χ0n) is 18.5. The summed E-state index contributed by atoms with van der Waals surface area (Å²) in [7, 11) is 0. The Morgan fingerprint density at radius 2 is 1.82 bits per heavy atom. The number of thiazole rings is 1. The van der Waals surface area contributed by atoms with E-state index in [1.165, 1.54) is 54.7 Å². The quantitative estimate of drug-likeness (QED) is 0.356. The van der Waals surface area contributed by atoms with Crippen LogP contribution >= 0.6 is 11.3 Å². The number of para-hydroxylation sites is 1. The highest BCUT2D eigenvalue weighted by molar-refractivity contribution is 7.14. The van der Waals surface area contributed by atoms with Crippen molar-refractivity contribution in [2.75, 3.05) is 10.6 Å². The Labute approximate surface area is 198 Å². The maximum absolute atomic E-state index is 12.5. The van der Waals surface area contributed by atoms with E-state index in [-0.39, 0.29) is 12.3 Å². The van der Waals surface area contributed by atoms with Crippen LogP contribution < -0.4 is 10.6 Å². The molecule has 0 spiro atoms. The van der Waals surface area contributed by atoms with Crippen LogP contribution in [0.5, 0.6) is 0 Å². The predicted molar refractivity (Wildman–Crippen MR) is 132 cm³/mol. The molecule has 0 saturated heterocycles. The molecule has 1 heterocycles. The van der Waals surface area contributed by atoms with E-state index in [4.69, 9.17) is 5.11 Å². The molecular weight excluding hydrogens is 434 g/mol. The number of hydrogen-bond acceptors (Lipinski definition) is 5. The van der Waals surface area contributed by atoms with E-state index in [1.54, 1.807) is 17.5 Å². The highest BCUT2D eigenvalue weighted by Gasteiger charge is 2.15. The van der Waals surface area contributed by atoms with Crippen molar-refractivity contribution in [1.82, 2.24) is 4.98 Å². The Bertz CT molecular complexity index is 1090. The van der Waals surface area contributed by atoms with Crippen molar-refractivity contribution in [1.29, 1.82) is 0 Å². The number of benzene rings is 2. The first-order valence-electron chi connectivity index (χ1n) is 11.4. The second kappa shape index (κ2) is 11.1. The number of aliphatic carboxylic acids is 1. The van der Waals surface area contributed by atoms with E-state index in [0.717, 1.165) is 17.9 Å². The van der Waals surface area contributed by atoms with Gasteiger partial charge in [0.05, 0.1) is 12.1 Å². The summed E-state index contributed by atoms with van der Waals surface area (Å²) in [5.41, 5.74) is 4.61. The fourth-order valence-corrected chi connectivity index (χ4v) is 5.02. The first-order chi connectivity index (χ1) is 16.1. The van der Waals surface area contributed by atoms with Crippen molar-refractivity contribution in [3.8, 4) is 0 Å². The van der Waals surface area contributed by atoms with E-state index in [0.29, 0.717) is 22.9 Å². The largest absolute Gasteiger partial charge is 0.481 e. The predicted octanol–water partition coefficient (Wildman–Crippen LogP) is 5.76. The number of aromatic nitrogens is 1. The third-order valence-corrected chi connectivity index (χ3v) is 6.92. The van der Waals surface area contributed by atoms with Gasteiger partial charge in [0.25, 0.3) is 5.91 Å². The number of aryl methyl sites for hydroxylation is 1. The number of nitrogens with one attached hydrogen (secondary N) is 2. The summed E-state index contributed by atoms with van der Waals surface area (Å²) in [5.74, 6) is -0.327. The van der Waals surface area contributed by atoms with Crippen LogP contribution in [-0.2, 0) is 24.2 Å². The molecule has 1 aliphatic rings. The standard InChI is InChI=1S/C26H29N3O3S/c30-24(31)15-22-17-33-26(28-22)29-25(32)21-13-10-19(11-14-21)16-27-23-8-4-3-7-20(23)12-9-18-5-1-2-6-18/h3-4,7-8,10-11,13-14,17-18,27H,1-2,5-6,9,12,15-16H2,(H,30,31)(H,28,29,32). The molecule has 4 rings (SSSR count). The van der Waals surface area contributed by atoms with Crippen LogP contribution in [0.25, 0.3) is 0 Å². The second-order valence-electron chi connectivity index (χ2n) is 8.57. The second-order valence-corrected chi connectivity index (χ2v) is 9.42. The molecule has 1 fully saturated rings. The van der Waals surface area contributed by atoms with Gasteiger partial charge < -0.3 is 10.4 Å². The van der Waals surface area contributed by atoms with E-state index >= 15 is 0 Å². The normalized spacial score (nSPS) is 13.7. The Morgan fingerprint density at radius 1 is 1.06 bits per heavy atom. The minimum atomic E-state index is -0.946. The molecule has 1 amide bonds. The lowest BCUT2D eigenvalue weighted by molar-refractivity contribution is -0.136. The first kappa shape index (κ1) is 23.0. The summed E-state index contributed by atoms with van der Waals surface area (Å²) < 4.78 is 0. The van der Waals surface area contributed by atoms with Gasteiger partial charge in [-0.1, -0.05) is 56.0 Å². The van der Waals surface area contributed by atoms with Gasteiger partial charge in [0.15, 0.2) is 5.13 Å². The average Bonchev–Trinajstić information content (AvgIpc) is 3.49. The number of nitrogens with zero attached hydrogens (tertiary/aromatic N) is 1. The summed E-state index contributed by atoms with van der Waals surface area (Å²) >= 11 is 1.22. The molecule has 0 unspecified atom stereocenters. The first-order valence-corrected chi connectivity index (χ1v) is 12.3. The molecule has 0 aliphatic heterocycles. The lowest BCUT2D eigenvalue weighted by atomic mass is 9.97. The Morgan fingerprint density at radius 3 is 2.58 bits per heavy atom. The summed E-state index contributed by atoms with van der Waals surface area (Å²) in [5, 5.41) is 17.2. The number of carbonyl (C=O) groups is 2. The van der Waals surface area contributed by atoms with Gasteiger partial charge in [0.1, 0.15) is 0 Å². The lowest BCUT2D eigenvalue weighted by Gasteiger charge is -2.14. The molecule has 1 saturated carbocycles. The van der Waals surface area contributed by atoms with E-state index in [9.17, 15) is 9.59 Å². The van der Waals surface area contributed by atoms with Crippen molar-refractivity contribution >= 4 is 34.0 Å². The van der Waals surface area contributed by atoms with Gasteiger partial charge in [0.2, 0.25) is 0 Å². The highest BCUT2D eigenvalue weighted by Crippen LogP contribution is 2.30. The average molecular weight is 464 g/mol. The minimum Gasteiger partial charge on any atom is -0.481 e. The summed E-state index contributed by atoms with van der Waals surface area (Å²) in [6, 6.07) is 16.0. The fourth-order valence-electron chi connectivity index (χ4n) is 4.31. The van der Waals surface area contributed by atoms with Gasteiger partial charge in [-0.2, -0.15) is 0 Å². The van der Waals surface area contributed by atoms with Crippen LogP contribution in [0.1, 0.15) is 59.3 Å².